The highest BCUT2D eigenvalue weighted by molar-refractivity contribution is 5.71. The average molecular weight is 331 g/mol. The normalized spacial score (nSPS) is 12.9. The molecular formula is C19H25NO4. The lowest BCUT2D eigenvalue weighted by Crippen LogP contribution is -2.26. The van der Waals surface area contributed by atoms with Gasteiger partial charge in [0, 0.05) is 17.0 Å². The SMILES string of the molecule is Cc1c(C(C)c2ccccc2)c(O)n(CC(=O)OC(C)(C)C)c1O. The topological polar surface area (TPSA) is 71.7 Å². The number of carbonyl (C=O) groups excluding carboxylic acids is 1. The first-order valence-electron chi connectivity index (χ1n) is 7.99. The average Bonchev–Trinajstić information content (AvgIpc) is 2.69. The highest BCUT2D eigenvalue weighted by Gasteiger charge is 2.26. The van der Waals surface area contributed by atoms with E-state index in [1.807, 2.05) is 37.3 Å². The molecule has 5 heteroatoms. The highest BCUT2D eigenvalue weighted by atomic mass is 16.6. The van der Waals surface area contributed by atoms with Crippen LogP contribution >= 0.6 is 0 Å². The van der Waals surface area contributed by atoms with Crippen LogP contribution in [0.1, 0.15) is 50.3 Å². The lowest BCUT2D eigenvalue weighted by molar-refractivity contribution is -0.155. The van der Waals surface area contributed by atoms with E-state index in [1.54, 1.807) is 27.7 Å². The van der Waals surface area contributed by atoms with Gasteiger partial charge in [0.15, 0.2) is 11.8 Å². The molecule has 0 saturated heterocycles. The van der Waals surface area contributed by atoms with Gasteiger partial charge >= 0.3 is 5.97 Å². The minimum atomic E-state index is -0.620. The zero-order chi connectivity index (χ0) is 18.1. The predicted octanol–water partition coefficient (Wildman–Crippen LogP) is 3.70. The second-order valence-electron chi connectivity index (χ2n) is 6.99. The van der Waals surface area contributed by atoms with Crippen LogP contribution in [-0.2, 0) is 16.1 Å². The summed E-state index contributed by atoms with van der Waals surface area (Å²) in [7, 11) is 0. The van der Waals surface area contributed by atoms with Gasteiger partial charge in [-0.1, -0.05) is 37.3 Å². The van der Waals surface area contributed by atoms with Crippen molar-refractivity contribution in [1.29, 1.82) is 0 Å². The van der Waals surface area contributed by atoms with Crippen molar-refractivity contribution >= 4 is 5.97 Å². The number of nitrogens with zero attached hydrogens (tertiary/aromatic N) is 1. The van der Waals surface area contributed by atoms with Gasteiger partial charge in [0.1, 0.15) is 12.1 Å². The highest BCUT2D eigenvalue weighted by Crippen LogP contribution is 2.40. The molecule has 1 aromatic carbocycles. The van der Waals surface area contributed by atoms with Crippen molar-refractivity contribution in [2.45, 2.75) is 52.7 Å². The zero-order valence-corrected chi connectivity index (χ0v) is 14.8. The first-order valence-corrected chi connectivity index (χ1v) is 7.99. The summed E-state index contributed by atoms with van der Waals surface area (Å²) in [6, 6.07) is 9.71. The molecule has 0 saturated carbocycles. The Labute approximate surface area is 142 Å². The Balaban J connectivity index is 2.35. The number of esters is 1. The number of aromatic nitrogens is 1. The minimum absolute atomic E-state index is 0.104. The van der Waals surface area contributed by atoms with Crippen LogP contribution in [0.5, 0.6) is 11.8 Å². The number of rotatable bonds is 4. The lowest BCUT2D eigenvalue weighted by atomic mass is 9.92. The van der Waals surface area contributed by atoms with Crippen LogP contribution in [0.4, 0.5) is 0 Å². The second-order valence-corrected chi connectivity index (χ2v) is 6.99. The first kappa shape index (κ1) is 17.9. The fourth-order valence-electron chi connectivity index (χ4n) is 2.82. The molecule has 2 aromatic rings. The maximum absolute atomic E-state index is 12.0. The molecule has 0 fully saturated rings. The summed E-state index contributed by atoms with van der Waals surface area (Å²) in [6.45, 7) is 8.76. The summed E-state index contributed by atoms with van der Waals surface area (Å²) >= 11 is 0. The third-order valence-corrected chi connectivity index (χ3v) is 3.93. The predicted molar refractivity (Wildman–Crippen MR) is 92.3 cm³/mol. The van der Waals surface area contributed by atoms with Gasteiger partial charge in [0.2, 0.25) is 0 Å². The van der Waals surface area contributed by atoms with Crippen molar-refractivity contribution in [3.8, 4) is 11.8 Å². The summed E-state index contributed by atoms with van der Waals surface area (Å²) in [5.74, 6) is -0.845. The number of aromatic hydroxyl groups is 2. The summed E-state index contributed by atoms with van der Waals surface area (Å²) in [5, 5.41) is 20.9. The van der Waals surface area contributed by atoms with Gasteiger partial charge < -0.3 is 14.9 Å². The van der Waals surface area contributed by atoms with Crippen LogP contribution < -0.4 is 0 Å². The van der Waals surface area contributed by atoms with Crippen LogP contribution in [0.2, 0.25) is 0 Å². The summed E-state index contributed by atoms with van der Waals surface area (Å²) in [6.07, 6.45) is 0. The van der Waals surface area contributed by atoms with E-state index in [4.69, 9.17) is 4.74 Å². The fourth-order valence-corrected chi connectivity index (χ4v) is 2.82. The Bertz CT molecular complexity index is 726. The van der Waals surface area contributed by atoms with E-state index in [2.05, 4.69) is 0 Å². The Morgan fingerprint density at radius 1 is 1.17 bits per heavy atom. The van der Waals surface area contributed by atoms with E-state index in [9.17, 15) is 15.0 Å². The molecule has 0 bridgehead atoms. The van der Waals surface area contributed by atoms with Gasteiger partial charge in [-0.25, -0.2) is 0 Å². The number of hydrogen-bond acceptors (Lipinski definition) is 4. The van der Waals surface area contributed by atoms with E-state index < -0.39 is 11.6 Å². The third kappa shape index (κ3) is 3.72. The molecule has 1 heterocycles. The molecular weight excluding hydrogens is 306 g/mol. The van der Waals surface area contributed by atoms with Gasteiger partial charge in [-0.05, 0) is 33.3 Å². The second kappa shape index (κ2) is 6.59. The first-order chi connectivity index (χ1) is 11.1. The summed E-state index contributed by atoms with van der Waals surface area (Å²) in [5.41, 5.74) is 1.57. The van der Waals surface area contributed by atoms with Crippen molar-refractivity contribution in [3.63, 3.8) is 0 Å². The van der Waals surface area contributed by atoms with Crippen molar-refractivity contribution in [3.05, 3.63) is 47.0 Å². The van der Waals surface area contributed by atoms with Gasteiger partial charge in [-0.15, -0.1) is 0 Å². The molecule has 0 aliphatic carbocycles. The number of ether oxygens (including phenoxy) is 1. The molecule has 24 heavy (non-hydrogen) atoms. The maximum Gasteiger partial charge on any atom is 0.326 e. The van der Waals surface area contributed by atoms with Gasteiger partial charge in [0.05, 0.1) is 0 Å². The molecule has 5 nitrogen and oxygen atoms in total. The molecule has 1 atom stereocenters. The van der Waals surface area contributed by atoms with Gasteiger partial charge in [-0.2, -0.15) is 0 Å². The molecule has 2 N–H and O–H groups in total. The van der Waals surface area contributed by atoms with Crippen LogP contribution in [0.15, 0.2) is 30.3 Å². The number of benzene rings is 1. The van der Waals surface area contributed by atoms with E-state index in [1.165, 1.54) is 4.57 Å². The van der Waals surface area contributed by atoms with E-state index in [-0.39, 0.29) is 24.2 Å². The van der Waals surface area contributed by atoms with Crippen molar-refractivity contribution in [2.75, 3.05) is 0 Å². The summed E-state index contributed by atoms with van der Waals surface area (Å²) in [4.78, 5) is 12.0. The van der Waals surface area contributed by atoms with Crippen molar-refractivity contribution in [2.24, 2.45) is 0 Å². The standard InChI is InChI=1S/C19H25NO4/c1-12(14-9-7-6-8-10-14)16-13(2)17(22)20(18(16)23)11-15(21)24-19(3,4)5/h6-10,12,22-23H,11H2,1-5H3. The lowest BCUT2D eigenvalue weighted by Gasteiger charge is -2.20. The Hall–Kier alpha value is -2.43. The van der Waals surface area contributed by atoms with Crippen LogP contribution in [0.3, 0.4) is 0 Å². The Morgan fingerprint density at radius 2 is 1.75 bits per heavy atom. The van der Waals surface area contributed by atoms with Crippen LogP contribution in [-0.4, -0.2) is 26.4 Å². The van der Waals surface area contributed by atoms with Crippen LogP contribution in [0.25, 0.3) is 0 Å². The van der Waals surface area contributed by atoms with Crippen molar-refractivity contribution < 1.29 is 19.7 Å². The van der Waals surface area contributed by atoms with Crippen molar-refractivity contribution in [1.82, 2.24) is 4.57 Å². The molecule has 1 unspecified atom stereocenters. The molecule has 1 aromatic heterocycles. The monoisotopic (exact) mass is 331 g/mol. The van der Waals surface area contributed by atoms with E-state index in [0.29, 0.717) is 11.1 Å². The maximum atomic E-state index is 12.0. The van der Waals surface area contributed by atoms with Gasteiger partial charge in [0.25, 0.3) is 0 Å². The summed E-state index contributed by atoms with van der Waals surface area (Å²) < 4.78 is 6.46. The molecule has 130 valence electrons. The molecule has 0 aliphatic heterocycles. The minimum Gasteiger partial charge on any atom is -0.494 e. The molecule has 0 radical (unpaired) electrons. The fraction of sp³-hybridized carbons (Fsp3) is 0.421. The molecule has 0 spiro atoms. The zero-order valence-electron chi connectivity index (χ0n) is 14.8. The van der Waals surface area contributed by atoms with Crippen LogP contribution in [0, 0.1) is 6.92 Å². The van der Waals surface area contributed by atoms with Gasteiger partial charge in [-0.3, -0.25) is 9.36 Å². The molecule has 0 amide bonds. The Kier molecular flexibility index (Phi) is 4.92. The molecule has 0 aliphatic rings. The van der Waals surface area contributed by atoms with E-state index >= 15 is 0 Å². The Morgan fingerprint density at radius 3 is 2.29 bits per heavy atom. The van der Waals surface area contributed by atoms with E-state index in [0.717, 1.165) is 5.56 Å². The molecule has 2 rings (SSSR count). The third-order valence-electron chi connectivity index (χ3n) is 3.93. The number of carbonyl (C=O) groups is 1. The quantitative estimate of drug-likeness (QED) is 0.838. The number of hydrogen-bond donors (Lipinski definition) is 2. The largest absolute Gasteiger partial charge is 0.494 e. The smallest absolute Gasteiger partial charge is 0.326 e.